The average molecular weight is 383 g/mol. The molecule has 0 atom stereocenters. The molecule has 26 heavy (non-hydrogen) atoms. The Morgan fingerprint density at radius 1 is 1.15 bits per heavy atom. The van der Waals surface area contributed by atoms with E-state index in [1.807, 2.05) is 44.2 Å². The molecule has 0 bridgehead atoms. The number of aromatic nitrogens is 3. The summed E-state index contributed by atoms with van der Waals surface area (Å²) >= 11 is 3.01. The minimum absolute atomic E-state index is 0.104. The maximum absolute atomic E-state index is 12.4. The summed E-state index contributed by atoms with van der Waals surface area (Å²) in [6.07, 6.45) is 4.06. The van der Waals surface area contributed by atoms with Crippen molar-refractivity contribution in [2.75, 3.05) is 5.32 Å². The SMILES string of the molecule is Cc1cc(C)nc(Sc2ccc(NC(=O)c3cnc(C4CC4)s3)cc2)n1. The number of hydrogen-bond donors (Lipinski definition) is 1. The Bertz CT molecular complexity index is 928. The van der Waals surface area contributed by atoms with Gasteiger partial charge in [-0.15, -0.1) is 11.3 Å². The molecule has 1 amide bonds. The van der Waals surface area contributed by atoms with Gasteiger partial charge in [0.25, 0.3) is 5.91 Å². The van der Waals surface area contributed by atoms with Crippen LogP contribution in [-0.4, -0.2) is 20.9 Å². The van der Waals surface area contributed by atoms with Crippen molar-refractivity contribution in [2.24, 2.45) is 0 Å². The molecule has 132 valence electrons. The van der Waals surface area contributed by atoms with Crippen LogP contribution in [0.15, 0.2) is 46.6 Å². The summed E-state index contributed by atoms with van der Waals surface area (Å²) < 4.78 is 0. The zero-order valence-corrected chi connectivity index (χ0v) is 16.2. The molecular weight excluding hydrogens is 364 g/mol. The number of thiazole rings is 1. The zero-order valence-electron chi connectivity index (χ0n) is 14.5. The lowest BCUT2D eigenvalue weighted by molar-refractivity contribution is 0.103. The van der Waals surface area contributed by atoms with E-state index in [0.717, 1.165) is 32.1 Å². The van der Waals surface area contributed by atoms with E-state index in [1.54, 1.807) is 6.20 Å². The van der Waals surface area contributed by atoms with Crippen LogP contribution in [0.1, 0.15) is 44.8 Å². The van der Waals surface area contributed by atoms with E-state index in [9.17, 15) is 4.79 Å². The smallest absolute Gasteiger partial charge is 0.267 e. The molecule has 0 unspecified atom stereocenters. The molecule has 0 radical (unpaired) electrons. The van der Waals surface area contributed by atoms with E-state index in [2.05, 4.69) is 20.3 Å². The third kappa shape index (κ3) is 4.11. The molecule has 3 aromatic rings. The van der Waals surface area contributed by atoms with Crippen LogP contribution >= 0.6 is 23.1 Å². The third-order valence-electron chi connectivity index (χ3n) is 3.96. The number of benzene rings is 1. The van der Waals surface area contributed by atoms with Crippen LogP contribution in [0.25, 0.3) is 0 Å². The maximum Gasteiger partial charge on any atom is 0.267 e. The second-order valence-electron chi connectivity index (χ2n) is 6.35. The first kappa shape index (κ1) is 17.2. The van der Waals surface area contributed by atoms with E-state index < -0.39 is 0 Å². The van der Waals surface area contributed by atoms with Gasteiger partial charge in [0.15, 0.2) is 5.16 Å². The van der Waals surface area contributed by atoms with Gasteiger partial charge in [-0.05, 0) is 68.8 Å². The Balaban J connectivity index is 1.41. The van der Waals surface area contributed by atoms with Crippen molar-refractivity contribution in [3.63, 3.8) is 0 Å². The molecule has 0 saturated heterocycles. The van der Waals surface area contributed by atoms with Gasteiger partial charge in [0, 0.05) is 27.9 Å². The van der Waals surface area contributed by atoms with Crippen molar-refractivity contribution in [1.29, 1.82) is 0 Å². The predicted octanol–water partition coefficient (Wildman–Crippen LogP) is 4.83. The van der Waals surface area contributed by atoms with Crippen molar-refractivity contribution in [3.05, 3.63) is 57.8 Å². The van der Waals surface area contributed by atoms with Gasteiger partial charge in [-0.3, -0.25) is 4.79 Å². The Morgan fingerprint density at radius 2 is 1.85 bits per heavy atom. The van der Waals surface area contributed by atoms with Crippen LogP contribution < -0.4 is 5.32 Å². The highest BCUT2D eigenvalue weighted by molar-refractivity contribution is 7.99. The van der Waals surface area contributed by atoms with Crippen LogP contribution in [0.2, 0.25) is 0 Å². The van der Waals surface area contributed by atoms with Gasteiger partial charge in [0.1, 0.15) is 4.88 Å². The summed E-state index contributed by atoms with van der Waals surface area (Å²) in [5, 5.41) is 4.74. The van der Waals surface area contributed by atoms with E-state index in [1.165, 1.54) is 35.9 Å². The highest BCUT2D eigenvalue weighted by atomic mass is 32.2. The van der Waals surface area contributed by atoms with Gasteiger partial charge in [-0.25, -0.2) is 15.0 Å². The molecule has 2 heterocycles. The number of aryl methyl sites for hydroxylation is 2. The second-order valence-corrected chi connectivity index (χ2v) is 8.45. The predicted molar refractivity (Wildman–Crippen MR) is 104 cm³/mol. The van der Waals surface area contributed by atoms with Gasteiger partial charge >= 0.3 is 0 Å². The van der Waals surface area contributed by atoms with Gasteiger partial charge in [0.05, 0.1) is 11.2 Å². The van der Waals surface area contributed by atoms with Gasteiger partial charge in [0.2, 0.25) is 0 Å². The quantitative estimate of drug-likeness (QED) is 0.640. The van der Waals surface area contributed by atoms with Gasteiger partial charge < -0.3 is 5.32 Å². The monoisotopic (exact) mass is 382 g/mol. The number of carbonyl (C=O) groups excluding carboxylic acids is 1. The second kappa shape index (κ2) is 7.17. The van der Waals surface area contributed by atoms with Crippen molar-refractivity contribution in [3.8, 4) is 0 Å². The van der Waals surface area contributed by atoms with Crippen molar-refractivity contribution >= 4 is 34.7 Å². The van der Waals surface area contributed by atoms with Gasteiger partial charge in [-0.2, -0.15) is 0 Å². The number of nitrogens with one attached hydrogen (secondary N) is 1. The summed E-state index contributed by atoms with van der Waals surface area (Å²) in [6, 6.07) is 9.67. The molecule has 2 aromatic heterocycles. The molecule has 1 aliphatic carbocycles. The maximum atomic E-state index is 12.4. The number of amides is 1. The third-order valence-corrected chi connectivity index (χ3v) is 5.99. The normalized spacial score (nSPS) is 13.6. The summed E-state index contributed by atoms with van der Waals surface area (Å²) in [6.45, 7) is 3.93. The van der Waals surface area contributed by atoms with Crippen LogP contribution in [0.3, 0.4) is 0 Å². The van der Waals surface area contributed by atoms with Crippen LogP contribution in [0, 0.1) is 13.8 Å². The highest BCUT2D eigenvalue weighted by Gasteiger charge is 2.27. The molecular formula is C19H18N4OS2. The molecule has 0 spiro atoms. The summed E-state index contributed by atoms with van der Waals surface area (Å²) in [4.78, 5) is 27.3. The number of nitrogens with zero attached hydrogens (tertiary/aromatic N) is 3. The number of rotatable bonds is 5. The fraction of sp³-hybridized carbons (Fsp3) is 0.263. The highest BCUT2D eigenvalue weighted by Crippen LogP contribution is 2.41. The number of hydrogen-bond acceptors (Lipinski definition) is 6. The number of anilines is 1. The van der Waals surface area contributed by atoms with Crippen molar-refractivity contribution < 1.29 is 4.79 Å². The molecule has 4 rings (SSSR count). The van der Waals surface area contributed by atoms with E-state index in [0.29, 0.717) is 10.8 Å². The Kier molecular flexibility index (Phi) is 4.74. The topological polar surface area (TPSA) is 67.8 Å². The lowest BCUT2D eigenvalue weighted by Gasteiger charge is -2.06. The largest absolute Gasteiger partial charge is 0.321 e. The average Bonchev–Trinajstić information content (AvgIpc) is 3.32. The molecule has 5 nitrogen and oxygen atoms in total. The molecule has 1 fully saturated rings. The van der Waals surface area contributed by atoms with E-state index >= 15 is 0 Å². The fourth-order valence-electron chi connectivity index (χ4n) is 2.56. The lowest BCUT2D eigenvalue weighted by Crippen LogP contribution is -2.09. The molecule has 0 aliphatic heterocycles. The van der Waals surface area contributed by atoms with Crippen LogP contribution in [0.4, 0.5) is 5.69 Å². The first-order valence-electron chi connectivity index (χ1n) is 8.44. The molecule has 1 aromatic carbocycles. The van der Waals surface area contributed by atoms with Crippen LogP contribution in [0.5, 0.6) is 0 Å². The standard InChI is InChI=1S/C19H18N4OS2/c1-11-9-12(2)22-19(21-11)25-15-7-5-14(6-8-15)23-17(24)16-10-20-18(26-16)13-3-4-13/h5-10,13H,3-4H2,1-2H3,(H,23,24). The van der Waals surface area contributed by atoms with Gasteiger partial charge in [-0.1, -0.05) is 0 Å². The fourth-order valence-corrected chi connectivity index (χ4v) is 4.40. The van der Waals surface area contributed by atoms with Crippen molar-refractivity contribution in [1.82, 2.24) is 15.0 Å². The molecule has 1 saturated carbocycles. The molecule has 1 N–H and O–H groups in total. The van der Waals surface area contributed by atoms with E-state index in [-0.39, 0.29) is 5.91 Å². The number of carbonyl (C=O) groups is 1. The first-order chi connectivity index (χ1) is 12.6. The first-order valence-corrected chi connectivity index (χ1v) is 10.1. The summed E-state index contributed by atoms with van der Waals surface area (Å²) in [5.74, 6) is 0.470. The Morgan fingerprint density at radius 3 is 2.50 bits per heavy atom. The summed E-state index contributed by atoms with van der Waals surface area (Å²) in [5.41, 5.74) is 2.68. The van der Waals surface area contributed by atoms with Crippen LogP contribution in [-0.2, 0) is 0 Å². The molecule has 7 heteroatoms. The lowest BCUT2D eigenvalue weighted by atomic mass is 10.3. The summed E-state index contributed by atoms with van der Waals surface area (Å²) in [7, 11) is 0. The molecule has 1 aliphatic rings. The minimum atomic E-state index is -0.104. The van der Waals surface area contributed by atoms with E-state index in [4.69, 9.17) is 0 Å². The zero-order chi connectivity index (χ0) is 18.1. The Labute approximate surface area is 160 Å². The minimum Gasteiger partial charge on any atom is -0.321 e. The Hall–Kier alpha value is -2.25. The van der Waals surface area contributed by atoms with Crippen molar-refractivity contribution in [2.45, 2.75) is 42.7 Å².